The van der Waals surface area contributed by atoms with E-state index >= 15 is 0 Å². The molecular weight excluding hydrogens is 565 g/mol. The lowest BCUT2D eigenvalue weighted by Gasteiger charge is -2.38. The predicted molar refractivity (Wildman–Crippen MR) is 134 cm³/mol. The summed E-state index contributed by atoms with van der Waals surface area (Å²) in [4.78, 5) is 0. The molecule has 1 unspecified atom stereocenters. The molecule has 0 aliphatic carbocycles. The maximum Gasteiger partial charge on any atom is 0.461 e. The second-order valence-electron chi connectivity index (χ2n) is 9.20. The van der Waals surface area contributed by atoms with Crippen LogP contribution in [-0.4, -0.2) is 21.5 Å². The molecule has 3 aromatic rings. The number of benzene rings is 3. The van der Waals surface area contributed by atoms with E-state index < -0.39 is 45.4 Å². The van der Waals surface area contributed by atoms with Gasteiger partial charge in [0.25, 0.3) is 0 Å². The monoisotopic (exact) mass is 589 g/mol. The van der Waals surface area contributed by atoms with E-state index in [4.69, 9.17) is 0 Å². The Bertz CT molecular complexity index is 1200. The summed E-state index contributed by atoms with van der Waals surface area (Å²) in [6, 6.07) is 18.7. The maximum absolute atomic E-state index is 14.8. The number of alkyl halides is 4. The second-order valence-corrected chi connectivity index (χ2v) is 12.1. The molecule has 3 aromatic carbocycles. The van der Waals surface area contributed by atoms with Crippen LogP contribution in [0.25, 0.3) is 0 Å². The molecule has 0 bridgehead atoms. The van der Waals surface area contributed by atoms with Crippen molar-refractivity contribution < 1.29 is 30.9 Å². The highest BCUT2D eigenvalue weighted by Crippen LogP contribution is 2.39. The zero-order chi connectivity index (χ0) is 26.7. The lowest BCUT2D eigenvalue weighted by Crippen LogP contribution is -2.50. The zero-order valence-corrected chi connectivity index (χ0v) is 22.1. The van der Waals surface area contributed by atoms with Gasteiger partial charge in [-0.05, 0) is 68.1 Å². The van der Waals surface area contributed by atoms with Gasteiger partial charge in [0.1, 0.15) is 11.6 Å². The van der Waals surface area contributed by atoms with Crippen LogP contribution in [0, 0.1) is 5.82 Å². The minimum Gasteiger partial charge on any atom is -0.428 e. The molecule has 0 saturated heterocycles. The van der Waals surface area contributed by atoms with Crippen LogP contribution in [0.4, 0.5) is 22.0 Å². The smallest absolute Gasteiger partial charge is 0.428 e. The molecule has 3 rings (SSSR count). The third-order valence-corrected chi connectivity index (χ3v) is 7.52. The third kappa shape index (κ3) is 6.72. The maximum atomic E-state index is 14.8. The molecule has 0 aliphatic heterocycles. The fourth-order valence-corrected chi connectivity index (χ4v) is 4.74. The van der Waals surface area contributed by atoms with E-state index in [0.29, 0.717) is 11.6 Å². The van der Waals surface area contributed by atoms with Gasteiger partial charge in [-0.2, -0.15) is 17.6 Å². The molecule has 0 saturated carbocycles. The van der Waals surface area contributed by atoms with Gasteiger partial charge in [-0.15, -0.1) is 0 Å². The van der Waals surface area contributed by atoms with E-state index in [1.54, 1.807) is 57.2 Å². The average Bonchev–Trinajstić information content (AvgIpc) is 2.78. The summed E-state index contributed by atoms with van der Waals surface area (Å²) >= 11 is 3.37. The molecule has 2 atom stereocenters. The van der Waals surface area contributed by atoms with Crippen molar-refractivity contribution in [3.63, 3.8) is 0 Å². The number of halogens is 6. The van der Waals surface area contributed by atoms with E-state index in [0.717, 1.165) is 22.2 Å². The summed E-state index contributed by atoms with van der Waals surface area (Å²) in [5.74, 6) is -1.77. The molecule has 0 aromatic heterocycles. The Hall–Kier alpha value is -2.30. The second kappa shape index (κ2) is 11.0. The van der Waals surface area contributed by atoms with Crippen LogP contribution in [0.5, 0.6) is 5.75 Å². The van der Waals surface area contributed by atoms with E-state index in [-0.39, 0.29) is 12.0 Å². The number of nitrogens with one attached hydrogen (secondary N) is 1. The minimum atomic E-state index is -4.83. The van der Waals surface area contributed by atoms with Gasteiger partial charge in [0.2, 0.25) is 0 Å². The average molecular weight is 590 g/mol. The standard InChI is InChI=1S/C26H25BrF5NO2S/c1-24(2,3)36(34)33-25(16-17-7-5-4-6-8-17,18-9-11-20(27)12-10-18)19-13-21(28)15-22(14-19)35-26(31,32)23(29)30/h4-15,23,33H,16H2,1-3H3/t25-,36?/m1/s1. The van der Waals surface area contributed by atoms with Gasteiger partial charge < -0.3 is 4.74 Å². The van der Waals surface area contributed by atoms with Crippen molar-refractivity contribution in [1.29, 1.82) is 0 Å². The van der Waals surface area contributed by atoms with Crippen LogP contribution in [0.2, 0.25) is 0 Å². The Balaban J connectivity index is 2.29. The van der Waals surface area contributed by atoms with Crippen molar-refractivity contribution in [1.82, 2.24) is 4.72 Å². The van der Waals surface area contributed by atoms with Crippen molar-refractivity contribution in [3.05, 3.63) is 99.8 Å². The first kappa shape index (κ1) is 28.3. The van der Waals surface area contributed by atoms with Gasteiger partial charge >= 0.3 is 12.5 Å². The van der Waals surface area contributed by atoms with Crippen LogP contribution in [0.3, 0.4) is 0 Å². The van der Waals surface area contributed by atoms with Crippen molar-refractivity contribution in [2.24, 2.45) is 0 Å². The first-order valence-corrected chi connectivity index (χ1v) is 12.8. The van der Waals surface area contributed by atoms with E-state index in [1.807, 2.05) is 18.2 Å². The van der Waals surface area contributed by atoms with Gasteiger partial charge in [-0.25, -0.2) is 13.3 Å². The summed E-state index contributed by atoms with van der Waals surface area (Å²) in [5.41, 5.74) is -0.0281. The van der Waals surface area contributed by atoms with Crippen LogP contribution in [-0.2, 0) is 22.9 Å². The molecular formula is C26H25BrF5NO2S. The lowest BCUT2D eigenvalue weighted by molar-refractivity contribution is -0.253. The number of hydrogen-bond acceptors (Lipinski definition) is 2. The molecule has 3 nitrogen and oxygen atoms in total. The molecule has 194 valence electrons. The third-order valence-electron chi connectivity index (χ3n) is 5.34. The largest absolute Gasteiger partial charge is 0.461 e. The fraction of sp³-hybridized carbons (Fsp3) is 0.308. The molecule has 36 heavy (non-hydrogen) atoms. The SMILES string of the molecule is CC(C)(C)S(=O)N[C@](Cc1ccccc1)(c1ccc(Br)cc1)c1cc(F)cc(OC(F)(F)C(F)F)c1. The first-order valence-electron chi connectivity index (χ1n) is 10.9. The molecule has 0 heterocycles. The molecule has 0 amide bonds. The van der Waals surface area contributed by atoms with Crippen molar-refractivity contribution in [2.75, 3.05) is 0 Å². The topological polar surface area (TPSA) is 38.3 Å². The highest BCUT2D eigenvalue weighted by atomic mass is 79.9. The first-order chi connectivity index (χ1) is 16.7. The molecule has 0 spiro atoms. The number of rotatable bonds is 9. The zero-order valence-electron chi connectivity index (χ0n) is 19.7. The van der Waals surface area contributed by atoms with Crippen LogP contribution >= 0.6 is 15.9 Å². The van der Waals surface area contributed by atoms with Gasteiger partial charge in [0.05, 0.1) is 21.3 Å². The van der Waals surface area contributed by atoms with Crippen LogP contribution in [0.15, 0.2) is 77.3 Å². The van der Waals surface area contributed by atoms with Crippen molar-refractivity contribution in [2.45, 2.75) is 50.0 Å². The summed E-state index contributed by atoms with van der Waals surface area (Å²) in [6.07, 6.45) is -8.81. The Morgan fingerprint density at radius 2 is 1.56 bits per heavy atom. The Morgan fingerprint density at radius 1 is 0.944 bits per heavy atom. The van der Waals surface area contributed by atoms with Gasteiger partial charge in [0.15, 0.2) is 0 Å². The molecule has 0 radical (unpaired) electrons. The number of hydrogen-bond donors (Lipinski definition) is 1. The molecule has 1 N–H and O–H groups in total. The van der Waals surface area contributed by atoms with Crippen molar-refractivity contribution >= 4 is 26.9 Å². The number of ether oxygens (including phenoxy) is 1. The minimum absolute atomic E-state index is 0.0753. The van der Waals surface area contributed by atoms with Gasteiger partial charge in [0, 0.05) is 10.5 Å². The normalized spacial score (nSPS) is 14.9. The molecule has 10 heteroatoms. The predicted octanol–water partition coefficient (Wildman–Crippen LogP) is 7.36. The van der Waals surface area contributed by atoms with E-state index in [1.165, 1.54) is 0 Å². The van der Waals surface area contributed by atoms with E-state index in [9.17, 15) is 26.2 Å². The Labute approximate surface area is 217 Å². The lowest BCUT2D eigenvalue weighted by atomic mass is 9.78. The fourth-order valence-electron chi connectivity index (χ4n) is 3.54. The molecule has 0 fully saturated rings. The van der Waals surface area contributed by atoms with Crippen molar-refractivity contribution in [3.8, 4) is 5.75 Å². The van der Waals surface area contributed by atoms with Crippen LogP contribution in [0.1, 0.15) is 37.5 Å². The van der Waals surface area contributed by atoms with Gasteiger partial charge in [-0.3, -0.25) is 0 Å². The van der Waals surface area contributed by atoms with Gasteiger partial charge in [-0.1, -0.05) is 58.4 Å². The molecule has 0 aliphatic rings. The summed E-state index contributed by atoms with van der Waals surface area (Å²) in [7, 11) is -1.72. The Kier molecular flexibility index (Phi) is 8.63. The highest BCUT2D eigenvalue weighted by Gasteiger charge is 2.45. The highest BCUT2D eigenvalue weighted by molar-refractivity contribution is 9.10. The van der Waals surface area contributed by atoms with E-state index in [2.05, 4.69) is 25.4 Å². The summed E-state index contributed by atoms with van der Waals surface area (Å²) in [6.45, 7) is 5.23. The Morgan fingerprint density at radius 3 is 2.11 bits per heavy atom. The summed E-state index contributed by atoms with van der Waals surface area (Å²) < 4.78 is 88.6. The summed E-state index contributed by atoms with van der Waals surface area (Å²) in [5, 5.41) is 0. The van der Waals surface area contributed by atoms with Crippen LogP contribution < -0.4 is 9.46 Å². The quantitative estimate of drug-likeness (QED) is 0.265.